The molecule has 0 saturated carbocycles. The Labute approximate surface area is 209 Å². The summed E-state index contributed by atoms with van der Waals surface area (Å²) in [5.74, 6) is 2.46. The molecule has 0 spiro atoms. The van der Waals surface area contributed by atoms with Gasteiger partial charge < -0.3 is 23.9 Å². The summed E-state index contributed by atoms with van der Waals surface area (Å²) in [6.45, 7) is 4.66. The minimum atomic E-state index is -0.236. The summed E-state index contributed by atoms with van der Waals surface area (Å²) in [4.78, 5) is 6.77. The second-order valence-corrected chi connectivity index (χ2v) is 8.68. The van der Waals surface area contributed by atoms with Crippen LogP contribution >= 0.6 is 12.2 Å². The third-order valence-electron chi connectivity index (χ3n) is 6.20. The van der Waals surface area contributed by atoms with Crippen LogP contribution in [0, 0.1) is 0 Å². The molecule has 2 aromatic heterocycles. The highest BCUT2D eigenvalue weighted by atomic mass is 32.1. The van der Waals surface area contributed by atoms with E-state index in [9.17, 15) is 0 Å². The van der Waals surface area contributed by atoms with E-state index in [-0.39, 0.29) is 6.04 Å². The highest BCUT2D eigenvalue weighted by Crippen LogP contribution is 2.38. The molecule has 0 amide bonds. The Morgan fingerprint density at radius 2 is 1.94 bits per heavy atom. The predicted molar refractivity (Wildman–Crippen MR) is 137 cm³/mol. The van der Waals surface area contributed by atoms with E-state index in [1.54, 1.807) is 13.4 Å². The Kier molecular flexibility index (Phi) is 6.37. The highest BCUT2D eigenvalue weighted by molar-refractivity contribution is 7.80. The summed E-state index contributed by atoms with van der Waals surface area (Å²) in [7, 11) is 1.63. The Morgan fingerprint density at radius 1 is 1.11 bits per heavy atom. The zero-order valence-corrected chi connectivity index (χ0v) is 20.6. The molecule has 1 atom stereocenters. The molecule has 2 aromatic carbocycles. The minimum Gasteiger partial charge on any atom is -0.497 e. The van der Waals surface area contributed by atoms with E-state index in [1.807, 2.05) is 48.2 Å². The van der Waals surface area contributed by atoms with Crippen LogP contribution < -0.4 is 10.1 Å². The van der Waals surface area contributed by atoms with Crippen LogP contribution in [0.25, 0.3) is 17.0 Å². The third-order valence-corrected chi connectivity index (χ3v) is 6.53. The van der Waals surface area contributed by atoms with Crippen molar-refractivity contribution in [3.8, 4) is 17.1 Å². The lowest BCUT2D eigenvalue weighted by atomic mass is 9.94. The number of rotatable bonds is 7. The number of aromatic nitrogens is 2. The monoisotopic (exact) mass is 486 g/mol. The number of nitrogens with zero attached hydrogens (tertiary/aromatic N) is 3. The highest BCUT2D eigenvalue weighted by Gasteiger charge is 2.34. The number of thiocarbonyl (C=S) groups is 1. The minimum absolute atomic E-state index is 0.236. The van der Waals surface area contributed by atoms with Crippen LogP contribution in [0.3, 0.4) is 0 Å². The quantitative estimate of drug-likeness (QED) is 0.330. The third kappa shape index (κ3) is 4.57. The van der Waals surface area contributed by atoms with Gasteiger partial charge in [-0.1, -0.05) is 48.5 Å². The molecule has 8 heteroatoms. The molecule has 0 aliphatic carbocycles. The van der Waals surface area contributed by atoms with Crippen molar-refractivity contribution in [1.29, 1.82) is 0 Å². The molecule has 178 valence electrons. The number of hydrogen-bond acceptors (Lipinski definition) is 6. The van der Waals surface area contributed by atoms with Gasteiger partial charge >= 0.3 is 0 Å². The van der Waals surface area contributed by atoms with E-state index in [0.29, 0.717) is 23.4 Å². The maximum Gasteiger partial charge on any atom is 0.258 e. The second kappa shape index (κ2) is 9.76. The van der Waals surface area contributed by atoms with Gasteiger partial charge in [-0.25, -0.2) is 0 Å². The molecule has 1 aliphatic rings. The predicted octanol–water partition coefficient (Wildman–Crippen LogP) is 5.76. The average molecular weight is 487 g/mol. The van der Waals surface area contributed by atoms with E-state index < -0.39 is 0 Å². The molecule has 3 heterocycles. The first kappa shape index (κ1) is 22.9. The molecule has 1 N–H and O–H groups in total. The lowest BCUT2D eigenvalue weighted by Crippen LogP contribution is -2.45. The van der Waals surface area contributed by atoms with Crippen LogP contribution in [-0.2, 0) is 13.0 Å². The molecular weight excluding hydrogens is 460 g/mol. The van der Waals surface area contributed by atoms with Crippen molar-refractivity contribution in [2.45, 2.75) is 32.9 Å². The van der Waals surface area contributed by atoms with Crippen LogP contribution in [0.2, 0.25) is 0 Å². The van der Waals surface area contributed by atoms with Crippen molar-refractivity contribution in [1.82, 2.24) is 20.4 Å². The van der Waals surface area contributed by atoms with Crippen molar-refractivity contribution < 1.29 is 13.7 Å². The molecule has 1 aliphatic heterocycles. The Morgan fingerprint density at radius 3 is 2.66 bits per heavy atom. The van der Waals surface area contributed by atoms with Crippen molar-refractivity contribution in [3.05, 3.63) is 95.4 Å². The maximum absolute atomic E-state index is 5.82. The van der Waals surface area contributed by atoms with Crippen molar-refractivity contribution in [3.63, 3.8) is 0 Å². The lowest BCUT2D eigenvalue weighted by molar-refractivity contribution is 0.382. The fourth-order valence-corrected chi connectivity index (χ4v) is 4.53. The summed E-state index contributed by atoms with van der Waals surface area (Å²) in [6.07, 6.45) is 2.63. The number of furan rings is 1. The summed E-state index contributed by atoms with van der Waals surface area (Å²) in [5, 5.41) is 8.37. The number of benzene rings is 2. The molecule has 1 unspecified atom stereocenters. The fraction of sp³-hybridized carbons (Fsp3) is 0.222. The molecule has 0 fully saturated rings. The molecule has 4 aromatic rings. The van der Waals surface area contributed by atoms with Gasteiger partial charge in [0.05, 0.1) is 31.5 Å². The number of aryl methyl sites for hydroxylation is 1. The van der Waals surface area contributed by atoms with Gasteiger partial charge in [-0.05, 0) is 61.0 Å². The molecule has 35 heavy (non-hydrogen) atoms. The van der Waals surface area contributed by atoms with Crippen molar-refractivity contribution >= 4 is 22.9 Å². The van der Waals surface area contributed by atoms with Crippen LogP contribution in [0.1, 0.15) is 42.7 Å². The van der Waals surface area contributed by atoms with Crippen molar-refractivity contribution in [2.75, 3.05) is 7.11 Å². The number of nitrogens with one attached hydrogen (secondary N) is 1. The van der Waals surface area contributed by atoms with Crippen LogP contribution in [0.4, 0.5) is 0 Å². The molecule has 7 nitrogen and oxygen atoms in total. The van der Waals surface area contributed by atoms with Gasteiger partial charge in [-0.15, -0.1) is 0 Å². The SMILES string of the molecule is CCc1ccc(C2NC(=S)N(Cc3ccco3)C(C)=C2c2nc(-c3cccc(OC)c3)no2)cc1. The van der Waals surface area contributed by atoms with Gasteiger partial charge in [-0.2, -0.15) is 4.98 Å². The topological polar surface area (TPSA) is 76.6 Å². The number of ether oxygens (including phenoxy) is 1. The first-order valence-corrected chi connectivity index (χ1v) is 11.9. The fourth-order valence-electron chi connectivity index (χ4n) is 4.22. The zero-order valence-electron chi connectivity index (χ0n) is 19.8. The second-order valence-electron chi connectivity index (χ2n) is 8.30. The Hall–Kier alpha value is -3.91. The molecule has 0 saturated heterocycles. The average Bonchev–Trinajstić information content (AvgIpc) is 3.59. The van der Waals surface area contributed by atoms with Gasteiger partial charge in [-0.3, -0.25) is 0 Å². The van der Waals surface area contributed by atoms with E-state index in [1.165, 1.54) is 5.56 Å². The summed E-state index contributed by atoms with van der Waals surface area (Å²) in [6, 6.07) is 19.7. The van der Waals surface area contributed by atoms with Crippen LogP contribution in [0.15, 0.2) is 81.6 Å². The van der Waals surface area contributed by atoms with Crippen LogP contribution in [0.5, 0.6) is 5.75 Å². The normalized spacial score (nSPS) is 15.9. The standard InChI is InChI=1S/C27H26N4O3S/c1-4-18-10-12-19(13-11-18)24-23(17(2)31(27(35)28-24)16-22-9-6-14-33-22)26-29-25(30-34-26)20-7-5-8-21(15-20)32-3/h5-15,24H,4,16H2,1-3H3,(H,28,35). The number of methoxy groups -OCH3 is 1. The van der Waals surface area contributed by atoms with Gasteiger partial charge in [0.25, 0.3) is 5.89 Å². The van der Waals surface area contributed by atoms with E-state index in [2.05, 4.69) is 41.7 Å². The molecule has 0 bridgehead atoms. The van der Waals surface area contributed by atoms with E-state index in [4.69, 9.17) is 30.9 Å². The van der Waals surface area contributed by atoms with Gasteiger partial charge in [0.15, 0.2) is 5.11 Å². The molecule has 5 rings (SSSR count). The van der Waals surface area contributed by atoms with Gasteiger partial charge in [0, 0.05) is 11.3 Å². The lowest BCUT2D eigenvalue weighted by Gasteiger charge is -2.37. The van der Waals surface area contributed by atoms with Crippen molar-refractivity contribution in [2.24, 2.45) is 0 Å². The van der Waals surface area contributed by atoms with E-state index in [0.717, 1.165) is 40.3 Å². The first-order valence-electron chi connectivity index (χ1n) is 11.5. The van der Waals surface area contributed by atoms with Gasteiger partial charge in [0.2, 0.25) is 5.82 Å². The summed E-state index contributed by atoms with van der Waals surface area (Å²) in [5.41, 5.74) is 4.95. The van der Waals surface area contributed by atoms with Gasteiger partial charge in [0.1, 0.15) is 11.5 Å². The van der Waals surface area contributed by atoms with E-state index >= 15 is 0 Å². The Balaban J connectivity index is 1.58. The van der Waals surface area contributed by atoms with Crippen LogP contribution in [-0.4, -0.2) is 27.3 Å². The summed E-state index contributed by atoms with van der Waals surface area (Å²) >= 11 is 5.77. The molecule has 0 radical (unpaired) electrons. The Bertz CT molecular complexity index is 1360. The number of allylic oxidation sites excluding steroid dienone is 1. The maximum atomic E-state index is 5.82. The molecular formula is C27H26N4O3S. The first-order chi connectivity index (χ1) is 17.1. The smallest absolute Gasteiger partial charge is 0.258 e. The summed E-state index contributed by atoms with van der Waals surface area (Å²) < 4.78 is 16.8. The largest absolute Gasteiger partial charge is 0.497 e. The zero-order chi connectivity index (χ0) is 24.4. The number of hydrogen-bond donors (Lipinski definition) is 1.